The van der Waals surface area contributed by atoms with Gasteiger partial charge in [0.25, 0.3) is 0 Å². The Morgan fingerprint density at radius 3 is 2.88 bits per heavy atom. The van der Waals surface area contributed by atoms with Crippen LogP contribution in [0.4, 0.5) is 0 Å². The van der Waals surface area contributed by atoms with Crippen molar-refractivity contribution in [2.24, 2.45) is 0 Å². The molecule has 0 aromatic rings. The molecule has 0 spiro atoms. The van der Waals surface area contributed by atoms with Crippen molar-refractivity contribution in [2.75, 3.05) is 12.4 Å². The SMILES string of the molecule is CCCCC1=C(C)N[C@H](C(=O)OCC)CS1. The maximum Gasteiger partial charge on any atom is 0.329 e. The smallest absolute Gasteiger partial charge is 0.329 e. The predicted octanol–water partition coefficient (Wildman–Crippen LogP) is 2.68. The van der Waals surface area contributed by atoms with Crippen molar-refractivity contribution in [2.45, 2.75) is 46.1 Å². The Balaban J connectivity index is 2.50. The second kappa shape index (κ2) is 6.84. The Bertz CT molecular complexity index is 276. The van der Waals surface area contributed by atoms with Crippen LogP contribution in [-0.2, 0) is 9.53 Å². The lowest BCUT2D eigenvalue weighted by Gasteiger charge is -2.26. The molecule has 1 rings (SSSR count). The van der Waals surface area contributed by atoms with E-state index in [1.807, 2.05) is 13.8 Å². The Kier molecular flexibility index (Phi) is 5.74. The van der Waals surface area contributed by atoms with Gasteiger partial charge in [-0.3, -0.25) is 0 Å². The molecule has 1 atom stereocenters. The lowest BCUT2D eigenvalue weighted by atomic mass is 10.2. The van der Waals surface area contributed by atoms with Crippen LogP contribution in [0, 0.1) is 0 Å². The molecule has 16 heavy (non-hydrogen) atoms. The van der Waals surface area contributed by atoms with E-state index in [-0.39, 0.29) is 12.0 Å². The van der Waals surface area contributed by atoms with Crippen LogP contribution in [0.15, 0.2) is 10.6 Å². The number of carbonyl (C=O) groups excluding carboxylic acids is 1. The molecule has 1 N–H and O–H groups in total. The number of hydrogen-bond donors (Lipinski definition) is 1. The summed E-state index contributed by atoms with van der Waals surface area (Å²) in [7, 11) is 0. The Morgan fingerprint density at radius 2 is 2.31 bits per heavy atom. The van der Waals surface area contributed by atoms with Gasteiger partial charge in [-0.2, -0.15) is 0 Å². The summed E-state index contributed by atoms with van der Waals surface area (Å²) in [4.78, 5) is 12.9. The molecule has 0 unspecified atom stereocenters. The van der Waals surface area contributed by atoms with E-state index in [1.165, 1.54) is 17.7 Å². The number of unbranched alkanes of at least 4 members (excludes halogenated alkanes) is 1. The summed E-state index contributed by atoms with van der Waals surface area (Å²) in [5.74, 6) is 0.652. The van der Waals surface area contributed by atoms with Crippen LogP contribution in [-0.4, -0.2) is 24.4 Å². The highest BCUT2D eigenvalue weighted by Gasteiger charge is 2.25. The number of rotatable bonds is 5. The molecule has 92 valence electrons. The summed E-state index contributed by atoms with van der Waals surface area (Å²) in [6.07, 6.45) is 3.54. The highest BCUT2D eigenvalue weighted by atomic mass is 32.2. The average Bonchev–Trinajstić information content (AvgIpc) is 2.27. The molecular formula is C12H21NO2S. The van der Waals surface area contributed by atoms with E-state index in [0.29, 0.717) is 6.61 Å². The standard InChI is InChI=1S/C12H21NO2S/c1-4-6-7-11-9(3)13-10(8-16-11)12(14)15-5-2/h10,13H,4-8H2,1-3H3/t10-/m0/s1. The molecule has 1 aliphatic heterocycles. The molecule has 4 heteroatoms. The van der Waals surface area contributed by atoms with Crippen molar-refractivity contribution >= 4 is 17.7 Å². The van der Waals surface area contributed by atoms with Gasteiger partial charge in [-0.15, -0.1) is 11.8 Å². The fourth-order valence-electron chi connectivity index (χ4n) is 1.64. The summed E-state index contributed by atoms with van der Waals surface area (Å²) in [6, 6.07) is -0.171. The summed E-state index contributed by atoms with van der Waals surface area (Å²) in [5.41, 5.74) is 1.14. The monoisotopic (exact) mass is 243 g/mol. The van der Waals surface area contributed by atoms with E-state index in [0.717, 1.165) is 17.9 Å². The molecule has 0 bridgehead atoms. The number of nitrogens with one attached hydrogen (secondary N) is 1. The first-order valence-electron chi connectivity index (χ1n) is 5.94. The van der Waals surface area contributed by atoms with Crippen molar-refractivity contribution in [3.05, 3.63) is 10.6 Å². The molecule has 0 aliphatic carbocycles. The van der Waals surface area contributed by atoms with E-state index in [2.05, 4.69) is 12.2 Å². The average molecular weight is 243 g/mol. The molecule has 0 amide bonds. The zero-order chi connectivity index (χ0) is 12.0. The van der Waals surface area contributed by atoms with Crippen LogP contribution in [0.25, 0.3) is 0 Å². The van der Waals surface area contributed by atoms with E-state index >= 15 is 0 Å². The lowest BCUT2D eigenvalue weighted by molar-refractivity contribution is -0.144. The second-order valence-electron chi connectivity index (χ2n) is 3.91. The summed E-state index contributed by atoms with van der Waals surface area (Å²) in [6.45, 7) is 6.53. The number of hydrogen-bond acceptors (Lipinski definition) is 4. The normalized spacial score (nSPS) is 20.6. The highest BCUT2D eigenvalue weighted by molar-refractivity contribution is 8.03. The van der Waals surface area contributed by atoms with Crippen LogP contribution < -0.4 is 5.32 Å². The van der Waals surface area contributed by atoms with E-state index in [9.17, 15) is 4.79 Å². The first-order chi connectivity index (χ1) is 7.69. The minimum absolute atomic E-state index is 0.135. The van der Waals surface area contributed by atoms with Gasteiger partial charge in [0.2, 0.25) is 0 Å². The molecule has 0 radical (unpaired) electrons. The number of thioether (sulfide) groups is 1. The number of ether oxygens (including phenoxy) is 1. The van der Waals surface area contributed by atoms with Gasteiger partial charge in [-0.25, -0.2) is 4.79 Å². The Labute approximate surface area is 102 Å². The van der Waals surface area contributed by atoms with Gasteiger partial charge in [-0.05, 0) is 26.7 Å². The minimum Gasteiger partial charge on any atom is -0.464 e. The van der Waals surface area contributed by atoms with E-state index in [1.54, 1.807) is 11.8 Å². The summed E-state index contributed by atoms with van der Waals surface area (Å²) < 4.78 is 5.01. The summed E-state index contributed by atoms with van der Waals surface area (Å²) in [5, 5.41) is 3.24. The van der Waals surface area contributed by atoms with Crippen molar-refractivity contribution in [1.82, 2.24) is 5.32 Å². The van der Waals surface area contributed by atoms with Gasteiger partial charge in [-0.1, -0.05) is 13.3 Å². The van der Waals surface area contributed by atoms with E-state index in [4.69, 9.17) is 4.74 Å². The third-order valence-electron chi connectivity index (χ3n) is 2.56. The molecule has 0 aromatic heterocycles. The Hall–Kier alpha value is -0.640. The van der Waals surface area contributed by atoms with Crippen LogP contribution in [0.3, 0.4) is 0 Å². The largest absolute Gasteiger partial charge is 0.464 e. The maximum absolute atomic E-state index is 11.5. The van der Waals surface area contributed by atoms with Gasteiger partial charge < -0.3 is 10.1 Å². The molecule has 0 saturated carbocycles. The van der Waals surface area contributed by atoms with Crippen molar-refractivity contribution in [1.29, 1.82) is 0 Å². The topological polar surface area (TPSA) is 38.3 Å². The molecule has 0 fully saturated rings. The number of carbonyl (C=O) groups is 1. The van der Waals surface area contributed by atoms with Gasteiger partial charge >= 0.3 is 5.97 Å². The van der Waals surface area contributed by atoms with Gasteiger partial charge in [0.15, 0.2) is 0 Å². The van der Waals surface area contributed by atoms with Crippen LogP contribution in [0.2, 0.25) is 0 Å². The molecule has 1 aliphatic rings. The zero-order valence-electron chi connectivity index (χ0n) is 10.3. The molecule has 1 heterocycles. The minimum atomic E-state index is -0.171. The molecule has 0 saturated heterocycles. The van der Waals surface area contributed by atoms with Crippen LogP contribution >= 0.6 is 11.8 Å². The Morgan fingerprint density at radius 1 is 1.56 bits per heavy atom. The molecule has 3 nitrogen and oxygen atoms in total. The highest BCUT2D eigenvalue weighted by Crippen LogP contribution is 2.29. The van der Waals surface area contributed by atoms with E-state index < -0.39 is 0 Å². The predicted molar refractivity (Wildman–Crippen MR) is 68.2 cm³/mol. The number of esters is 1. The lowest BCUT2D eigenvalue weighted by Crippen LogP contribution is -2.41. The summed E-state index contributed by atoms with van der Waals surface area (Å²) >= 11 is 1.79. The first kappa shape index (κ1) is 13.4. The van der Waals surface area contributed by atoms with Gasteiger partial charge in [0, 0.05) is 16.4 Å². The third kappa shape index (κ3) is 3.74. The maximum atomic E-state index is 11.5. The fourth-order valence-corrected chi connectivity index (χ4v) is 2.79. The quantitative estimate of drug-likeness (QED) is 0.753. The van der Waals surface area contributed by atoms with Crippen LogP contribution in [0.1, 0.15) is 40.0 Å². The van der Waals surface area contributed by atoms with Crippen molar-refractivity contribution in [3.8, 4) is 0 Å². The third-order valence-corrected chi connectivity index (χ3v) is 3.92. The van der Waals surface area contributed by atoms with Gasteiger partial charge in [0.1, 0.15) is 6.04 Å². The van der Waals surface area contributed by atoms with Crippen molar-refractivity contribution in [3.63, 3.8) is 0 Å². The molecule has 0 aromatic carbocycles. The second-order valence-corrected chi connectivity index (χ2v) is 5.03. The van der Waals surface area contributed by atoms with Crippen molar-refractivity contribution < 1.29 is 9.53 Å². The fraction of sp³-hybridized carbons (Fsp3) is 0.750. The first-order valence-corrected chi connectivity index (χ1v) is 6.93. The zero-order valence-corrected chi connectivity index (χ0v) is 11.2. The van der Waals surface area contributed by atoms with Crippen LogP contribution in [0.5, 0.6) is 0 Å². The molecular weight excluding hydrogens is 222 g/mol. The van der Waals surface area contributed by atoms with Gasteiger partial charge in [0.05, 0.1) is 6.61 Å². The number of allylic oxidation sites excluding steroid dienone is 2.